The van der Waals surface area contributed by atoms with E-state index in [-0.39, 0.29) is 13.2 Å². The van der Waals surface area contributed by atoms with Crippen molar-refractivity contribution >= 4 is 48.1 Å². The minimum Gasteiger partial charge on any atom is -0.463 e. The summed E-state index contributed by atoms with van der Waals surface area (Å²) >= 11 is 0. The van der Waals surface area contributed by atoms with E-state index in [4.69, 9.17) is 0 Å². The molecule has 0 radical (unpaired) electrons. The average molecular weight is 522 g/mol. The van der Waals surface area contributed by atoms with Crippen LogP contribution in [0.2, 0.25) is 0 Å². The van der Waals surface area contributed by atoms with E-state index in [1.165, 1.54) is 13.8 Å². The first kappa shape index (κ1) is 31.8. The minimum atomic E-state index is -1.57. The SMILES string of the molecule is CCOC(=O)COC(=O)OC(=O)C(C)OC(=O)CCC(=O)OC(C)C(=O)OC(=O)OCC(=O)OCC. The number of carbonyl (C=O) groups is 8. The first-order chi connectivity index (χ1) is 16.9. The highest BCUT2D eigenvalue weighted by atomic mass is 16.8. The predicted octanol–water partition coefficient (Wildman–Crippen LogP) is 0.116. The Balaban J connectivity index is 4.29. The zero-order valence-electron chi connectivity index (χ0n) is 19.9. The Hall–Kier alpha value is -4.24. The average Bonchev–Trinajstić information content (AvgIpc) is 2.80. The maximum Gasteiger partial charge on any atom is 0.516 e. The van der Waals surface area contributed by atoms with Gasteiger partial charge in [0.05, 0.1) is 26.1 Å². The third-order valence-corrected chi connectivity index (χ3v) is 3.41. The summed E-state index contributed by atoms with van der Waals surface area (Å²) < 4.78 is 35.5. The lowest BCUT2D eigenvalue weighted by Crippen LogP contribution is -2.30. The minimum absolute atomic E-state index is 0.0485. The van der Waals surface area contributed by atoms with Gasteiger partial charge in [0.25, 0.3) is 0 Å². The van der Waals surface area contributed by atoms with E-state index >= 15 is 0 Å². The molecule has 0 fully saturated rings. The Kier molecular flexibility index (Phi) is 15.2. The van der Waals surface area contributed by atoms with Gasteiger partial charge in [-0.05, 0) is 27.7 Å². The van der Waals surface area contributed by atoms with Crippen molar-refractivity contribution in [1.29, 1.82) is 0 Å². The summed E-state index contributed by atoms with van der Waals surface area (Å²) in [7, 11) is 0. The van der Waals surface area contributed by atoms with E-state index in [9.17, 15) is 38.4 Å². The molecule has 202 valence electrons. The highest BCUT2D eigenvalue weighted by Gasteiger charge is 2.26. The molecule has 0 amide bonds. The molecule has 0 aliphatic carbocycles. The summed E-state index contributed by atoms with van der Waals surface area (Å²) in [5, 5.41) is 0. The lowest BCUT2D eigenvalue weighted by molar-refractivity contribution is -0.168. The number of hydrogen-bond donors (Lipinski definition) is 0. The Morgan fingerprint density at radius 1 is 0.528 bits per heavy atom. The van der Waals surface area contributed by atoms with Gasteiger partial charge in [0.2, 0.25) is 0 Å². The Morgan fingerprint density at radius 3 is 1.17 bits per heavy atom. The van der Waals surface area contributed by atoms with Gasteiger partial charge >= 0.3 is 48.1 Å². The topological polar surface area (TPSA) is 210 Å². The molecule has 0 rings (SSSR count). The zero-order chi connectivity index (χ0) is 27.7. The molecule has 0 N–H and O–H groups in total. The second kappa shape index (κ2) is 17.2. The molecule has 2 atom stereocenters. The van der Waals surface area contributed by atoms with Crippen molar-refractivity contribution in [3.05, 3.63) is 0 Å². The molecule has 0 heterocycles. The van der Waals surface area contributed by atoms with Crippen LogP contribution >= 0.6 is 0 Å². The van der Waals surface area contributed by atoms with Gasteiger partial charge in [-0.2, -0.15) is 0 Å². The summed E-state index contributed by atoms with van der Waals surface area (Å²) in [5.74, 6) is -6.49. The van der Waals surface area contributed by atoms with Gasteiger partial charge < -0.3 is 37.9 Å². The van der Waals surface area contributed by atoms with E-state index in [0.29, 0.717) is 0 Å². The predicted molar refractivity (Wildman–Crippen MR) is 108 cm³/mol. The highest BCUT2D eigenvalue weighted by Crippen LogP contribution is 2.05. The van der Waals surface area contributed by atoms with Crippen molar-refractivity contribution in [3.8, 4) is 0 Å². The summed E-state index contributed by atoms with van der Waals surface area (Å²) in [6.45, 7) is 3.70. The largest absolute Gasteiger partial charge is 0.516 e. The first-order valence-electron chi connectivity index (χ1n) is 10.4. The molecule has 0 aromatic rings. The Bertz CT molecular complexity index is 764. The van der Waals surface area contributed by atoms with E-state index in [2.05, 4.69) is 37.9 Å². The number of hydrogen-bond acceptors (Lipinski definition) is 16. The molecule has 0 aromatic heterocycles. The fourth-order valence-corrected chi connectivity index (χ4v) is 1.84. The van der Waals surface area contributed by atoms with Crippen molar-refractivity contribution in [1.82, 2.24) is 0 Å². The maximum absolute atomic E-state index is 11.8. The van der Waals surface area contributed by atoms with Crippen LogP contribution in [0.1, 0.15) is 40.5 Å². The number of ether oxygens (including phenoxy) is 8. The lowest BCUT2D eigenvalue weighted by Gasteiger charge is -2.13. The molecule has 16 nitrogen and oxygen atoms in total. The zero-order valence-corrected chi connectivity index (χ0v) is 19.9. The van der Waals surface area contributed by atoms with E-state index < -0.39 is 86.4 Å². The third-order valence-electron chi connectivity index (χ3n) is 3.41. The van der Waals surface area contributed by atoms with Gasteiger partial charge in [-0.25, -0.2) is 28.8 Å². The van der Waals surface area contributed by atoms with Gasteiger partial charge in [-0.3, -0.25) is 9.59 Å². The summed E-state index contributed by atoms with van der Waals surface area (Å²) in [6, 6.07) is 0. The van der Waals surface area contributed by atoms with E-state index in [1.807, 2.05) is 0 Å². The standard InChI is InChI=1S/C20H26O16/c1-5-29-15(23)9-31-19(27)35-17(25)11(3)33-13(21)7-8-14(22)34-12(4)18(26)36-20(28)32-10-16(24)30-6-2/h11-12H,5-10H2,1-4H3. The fourth-order valence-electron chi connectivity index (χ4n) is 1.84. The molecule has 36 heavy (non-hydrogen) atoms. The van der Waals surface area contributed by atoms with E-state index in [0.717, 1.165) is 13.8 Å². The number of rotatable bonds is 13. The number of esters is 6. The van der Waals surface area contributed by atoms with Crippen LogP contribution in [0.5, 0.6) is 0 Å². The molecule has 0 saturated heterocycles. The van der Waals surface area contributed by atoms with E-state index in [1.54, 1.807) is 0 Å². The van der Waals surface area contributed by atoms with Crippen molar-refractivity contribution in [2.75, 3.05) is 26.4 Å². The monoisotopic (exact) mass is 522 g/mol. The van der Waals surface area contributed by atoms with Gasteiger partial charge in [0.1, 0.15) is 0 Å². The molecule has 0 aromatic carbocycles. The molecule has 0 aliphatic heterocycles. The van der Waals surface area contributed by atoms with Gasteiger partial charge in [0, 0.05) is 0 Å². The molecule has 0 spiro atoms. The third kappa shape index (κ3) is 14.8. The second-order valence-electron chi connectivity index (χ2n) is 6.29. The fraction of sp³-hybridized carbons (Fsp3) is 0.600. The summed E-state index contributed by atoms with van der Waals surface area (Å²) in [4.78, 5) is 91.7. The maximum atomic E-state index is 11.8. The Labute approximate surface area is 204 Å². The lowest BCUT2D eigenvalue weighted by atomic mass is 10.3. The van der Waals surface area contributed by atoms with Crippen molar-refractivity contribution in [2.24, 2.45) is 0 Å². The summed E-state index contributed by atoms with van der Waals surface area (Å²) in [6.07, 6.45) is -7.37. The Morgan fingerprint density at radius 2 is 0.861 bits per heavy atom. The molecule has 0 bridgehead atoms. The molecule has 2 unspecified atom stereocenters. The van der Waals surface area contributed by atoms with Crippen molar-refractivity contribution in [2.45, 2.75) is 52.7 Å². The van der Waals surface area contributed by atoms with Crippen LogP contribution in [0.25, 0.3) is 0 Å². The molecule has 16 heteroatoms. The molecular weight excluding hydrogens is 496 g/mol. The molecular formula is C20H26O16. The van der Waals surface area contributed by atoms with Crippen LogP contribution in [0.3, 0.4) is 0 Å². The van der Waals surface area contributed by atoms with Crippen LogP contribution in [0.15, 0.2) is 0 Å². The quantitative estimate of drug-likeness (QED) is 0.178. The number of carbonyl (C=O) groups excluding carboxylic acids is 8. The van der Waals surface area contributed by atoms with Gasteiger partial charge in [-0.15, -0.1) is 0 Å². The molecule has 0 aliphatic rings. The van der Waals surface area contributed by atoms with Gasteiger partial charge in [0.15, 0.2) is 25.4 Å². The van der Waals surface area contributed by atoms with Crippen LogP contribution < -0.4 is 0 Å². The van der Waals surface area contributed by atoms with Crippen molar-refractivity contribution < 1.29 is 76.3 Å². The second-order valence-corrected chi connectivity index (χ2v) is 6.29. The smallest absolute Gasteiger partial charge is 0.463 e. The summed E-state index contributed by atoms with van der Waals surface area (Å²) in [5.41, 5.74) is 0. The first-order valence-corrected chi connectivity index (χ1v) is 10.4. The van der Waals surface area contributed by atoms with Crippen LogP contribution in [0, 0.1) is 0 Å². The van der Waals surface area contributed by atoms with Crippen molar-refractivity contribution in [3.63, 3.8) is 0 Å². The normalized spacial score (nSPS) is 11.6. The highest BCUT2D eigenvalue weighted by molar-refractivity contribution is 5.88. The molecule has 0 saturated carbocycles. The van der Waals surface area contributed by atoms with Crippen LogP contribution in [-0.4, -0.2) is 86.8 Å². The van der Waals surface area contributed by atoms with Crippen LogP contribution in [-0.2, 0) is 66.7 Å². The van der Waals surface area contributed by atoms with Crippen LogP contribution in [0.4, 0.5) is 9.59 Å². The van der Waals surface area contributed by atoms with Gasteiger partial charge in [-0.1, -0.05) is 0 Å².